The van der Waals surface area contributed by atoms with E-state index < -0.39 is 9.84 Å². The summed E-state index contributed by atoms with van der Waals surface area (Å²) in [5.41, 5.74) is 0. The molecular weight excluding hydrogens is 238 g/mol. The largest absolute Gasteiger partial charge is 0.316 e. The van der Waals surface area contributed by atoms with Gasteiger partial charge < -0.3 is 5.32 Å². The Morgan fingerprint density at radius 3 is 2.76 bits per heavy atom. The summed E-state index contributed by atoms with van der Waals surface area (Å²) in [5, 5.41) is 3.28. The molecule has 1 fully saturated rings. The molecule has 0 saturated carbocycles. The van der Waals surface area contributed by atoms with E-state index in [2.05, 4.69) is 5.32 Å². The van der Waals surface area contributed by atoms with Crippen molar-refractivity contribution in [1.82, 2.24) is 5.32 Å². The molecule has 0 aromatic heterocycles. The maximum absolute atomic E-state index is 11.7. The first kappa shape index (κ1) is 14.6. The SMILES string of the molecule is CCS(=O)(=O)CCCC(=O)CC1CCCNC1. The number of carbonyl (C=O) groups is 1. The third-order valence-electron chi connectivity index (χ3n) is 3.27. The van der Waals surface area contributed by atoms with Crippen molar-refractivity contribution in [3.05, 3.63) is 0 Å². The number of sulfone groups is 1. The zero-order valence-electron chi connectivity index (χ0n) is 10.6. The Balaban J connectivity index is 2.16. The number of rotatable bonds is 7. The van der Waals surface area contributed by atoms with Crippen LogP contribution < -0.4 is 5.32 Å². The van der Waals surface area contributed by atoms with Gasteiger partial charge in [-0.2, -0.15) is 0 Å². The summed E-state index contributed by atoms with van der Waals surface area (Å²) in [6.07, 6.45) is 3.76. The number of Topliss-reactive ketones (excluding diaryl/α,β-unsaturated/α-hetero) is 1. The van der Waals surface area contributed by atoms with E-state index in [0.29, 0.717) is 25.2 Å². The maximum Gasteiger partial charge on any atom is 0.150 e. The van der Waals surface area contributed by atoms with E-state index in [1.54, 1.807) is 6.92 Å². The van der Waals surface area contributed by atoms with Gasteiger partial charge in [-0.05, 0) is 38.3 Å². The quantitative estimate of drug-likeness (QED) is 0.747. The van der Waals surface area contributed by atoms with Crippen LogP contribution in [0.15, 0.2) is 0 Å². The number of nitrogens with one attached hydrogen (secondary N) is 1. The van der Waals surface area contributed by atoms with Crippen molar-refractivity contribution in [2.24, 2.45) is 5.92 Å². The molecule has 0 aromatic rings. The normalized spacial score (nSPS) is 21.4. The first-order valence-corrected chi connectivity index (χ1v) is 8.28. The van der Waals surface area contributed by atoms with Gasteiger partial charge in [0.05, 0.1) is 5.75 Å². The highest BCUT2D eigenvalue weighted by Crippen LogP contribution is 2.15. The third kappa shape index (κ3) is 6.17. The first-order chi connectivity index (χ1) is 8.03. The van der Waals surface area contributed by atoms with Crippen molar-refractivity contribution >= 4 is 15.6 Å². The van der Waals surface area contributed by atoms with E-state index in [0.717, 1.165) is 25.9 Å². The predicted molar refractivity (Wildman–Crippen MR) is 68.8 cm³/mol. The van der Waals surface area contributed by atoms with Crippen LogP contribution in [0.2, 0.25) is 0 Å². The Labute approximate surface area is 104 Å². The second-order valence-electron chi connectivity index (χ2n) is 4.80. The molecule has 0 amide bonds. The van der Waals surface area contributed by atoms with E-state index in [9.17, 15) is 13.2 Å². The summed E-state index contributed by atoms with van der Waals surface area (Å²) < 4.78 is 22.5. The molecular formula is C12H23NO3S. The van der Waals surface area contributed by atoms with Crippen molar-refractivity contribution in [1.29, 1.82) is 0 Å². The van der Waals surface area contributed by atoms with E-state index in [1.165, 1.54) is 0 Å². The average Bonchev–Trinajstić information content (AvgIpc) is 2.30. The Hall–Kier alpha value is -0.420. The minimum Gasteiger partial charge on any atom is -0.316 e. The Bertz CT molecular complexity index is 332. The van der Waals surface area contributed by atoms with Gasteiger partial charge in [-0.1, -0.05) is 6.92 Å². The van der Waals surface area contributed by atoms with Gasteiger partial charge in [0.2, 0.25) is 0 Å². The van der Waals surface area contributed by atoms with E-state index in [4.69, 9.17) is 0 Å². The van der Waals surface area contributed by atoms with E-state index >= 15 is 0 Å². The van der Waals surface area contributed by atoms with Crippen molar-refractivity contribution in [2.75, 3.05) is 24.6 Å². The number of piperidine rings is 1. The molecule has 0 aromatic carbocycles. The lowest BCUT2D eigenvalue weighted by Gasteiger charge is -2.21. The van der Waals surface area contributed by atoms with Gasteiger partial charge in [0, 0.05) is 18.6 Å². The van der Waals surface area contributed by atoms with Gasteiger partial charge in [0.1, 0.15) is 15.6 Å². The van der Waals surface area contributed by atoms with Gasteiger partial charge >= 0.3 is 0 Å². The molecule has 1 saturated heterocycles. The summed E-state index contributed by atoms with van der Waals surface area (Å²) in [5.74, 6) is 0.996. The molecule has 1 unspecified atom stereocenters. The van der Waals surface area contributed by atoms with Crippen LogP contribution in [0.4, 0.5) is 0 Å². The topological polar surface area (TPSA) is 63.2 Å². The highest BCUT2D eigenvalue weighted by atomic mass is 32.2. The van der Waals surface area contributed by atoms with Gasteiger partial charge in [0.15, 0.2) is 0 Å². The second-order valence-corrected chi connectivity index (χ2v) is 7.27. The smallest absolute Gasteiger partial charge is 0.150 e. The van der Waals surface area contributed by atoms with Crippen molar-refractivity contribution in [2.45, 2.75) is 39.0 Å². The fourth-order valence-corrected chi connectivity index (χ4v) is 3.03. The van der Waals surface area contributed by atoms with Crippen LogP contribution in [0.25, 0.3) is 0 Å². The van der Waals surface area contributed by atoms with Gasteiger partial charge in [0.25, 0.3) is 0 Å². The lowest BCUT2D eigenvalue weighted by Crippen LogP contribution is -2.31. The summed E-state index contributed by atoms with van der Waals surface area (Å²) in [6, 6.07) is 0. The zero-order valence-corrected chi connectivity index (χ0v) is 11.4. The van der Waals surface area contributed by atoms with Crippen LogP contribution in [0, 0.1) is 5.92 Å². The van der Waals surface area contributed by atoms with Crippen molar-refractivity contribution < 1.29 is 13.2 Å². The second kappa shape index (κ2) is 7.11. The Morgan fingerprint density at radius 1 is 1.41 bits per heavy atom. The van der Waals surface area contributed by atoms with Gasteiger partial charge in [-0.3, -0.25) is 4.79 Å². The molecule has 1 aliphatic rings. The van der Waals surface area contributed by atoms with E-state index in [-0.39, 0.29) is 17.3 Å². The minimum atomic E-state index is -2.91. The maximum atomic E-state index is 11.7. The molecule has 0 spiro atoms. The van der Waals surface area contributed by atoms with Crippen molar-refractivity contribution in [3.8, 4) is 0 Å². The molecule has 17 heavy (non-hydrogen) atoms. The molecule has 4 nitrogen and oxygen atoms in total. The van der Waals surface area contributed by atoms with Gasteiger partial charge in [-0.15, -0.1) is 0 Å². The summed E-state index contributed by atoms with van der Waals surface area (Å²) in [7, 11) is -2.91. The zero-order chi connectivity index (χ0) is 12.7. The molecule has 0 bridgehead atoms. The molecule has 1 heterocycles. The molecule has 0 radical (unpaired) electrons. The van der Waals surface area contributed by atoms with Crippen LogP contribution >= 0.6 is 0 Å². The number of carbonyl (C=O) groups excluding carboxylic acids is 1. The third-order valence-corrected chi connectivity index (χ3v) is 5.06. The number of ketones is 1. The summed E-state index contributed by atoms with van der Waals surface area (Å²) >= 11 is 0. The molecule has 5 heteroatoms. The molecule has 1 aliphatic heterocycles. The van der Waals surface area contributed by atoms with Gasteiger partial charge in [-0.25, -0.2) is 8.42 Å². The van der Waals surface area contributed by atoms with Crippen LogP contribution in [0.1, 0.15) is 39.0 Å². The average molecular weight is 261 g/mol. The molecule has 0 aliphatic carbocycles. The first-order valence-electron chi connectivity index (χ1n) is 6.46. The minimum absolute atomic E-state index is 0.151. The Morgan fingerprint density at radius 2 is 2.18 bits per heavy atom. The Kier molecular flexibility index (Phi) is 6.12. The number of hydrogen-bond acceptors (Lipinski definition) is 4. The number of hydrogen-bond donors (Lipinski definition) is 1. The highest BCUT2D eigenvalue weighted by molar-refractivity contribution is 7.91. The highest BCUT2D eigenvalue weighted by Gasteiger charge is 2.17. The van der Waals surface area contributed by atoms with E-state index in [1.807, 2.05) is 0 Å². The monoisotopic (exact) mass is 261 g/mol. The molecule has 1 atom stereocenters. The summed E-state index contributed by atoms with van der Waals surface area (Å²) in [6.45, 7) is 3.63. The molecule has 1 rings (SSSR count). The van der Waals surface area contributed by atoms with Crippen molar-refractivity contribution in [3.63, 3.8) is 0 Å². The fraction of sp³-hybridized carbons (Fsp3) is 0.917. The van der Waals surface area contributed by atoms with Crippen LogP contribution in [0.5, 0.6) is 0 Å². The van der Waals surface area contributed by atoms with Crippen LogP contribution in [0.3, 0.4) is 0 Å². The van der Waals surface area contributed by atoms with Crippen LogP contribution in [-0.4, -0.2) is 38.8 Å². The van der Waals surface area contributed by atoms with Crippen LogP contribution in [-0.2, 0) is 14.6 Å². The molecule has 1 N–H and O–H groups in total. The fourth-order valence-electron chi connectivity index (χ4n) is 2.16. The lowest BCUT2D eigenvalue weighted by atomic mass is 9.93. The predicted octanol–water partition coefficient (Wildman–Crippen LogP) is 1.16. The molecule has 100 valence electrons. The lowest BCUT2D eigenvalue weighted by molar-refractivity contribution is -0.120. The standard InChI is InChI=1S/C12H23NO3S/c1-2-17(15,16)8-4-6-12(14)9-11-5-3-7-13-10-11/h11,13H,2-10H2,1H3. The summed E-state index contributed by atoms with van der Waals surface area (Å²) in [4.78, 5) is 11.7.